The van der Waals surface area contributed by atoms with Crippen LogP contribution in [-0.4, -0.2) is 48.6 Å². The average molecular weight is 362 g/mol. The summed E-state index contributed by atoms with van der Waals surface area (Å²) in [4.78, 5) is 11.1. The SMILES string of the molecule is CN=C(NCC1C2Cc3ccccc3C12)N1CCC(Oc2ccccn2)C1. The maximum Gasteiger partial charge on any atom is 0.213 e. The molecular formula is C22H26N4O. The van der Waals surface area contributed by atoms with Crippen molar-refractivity contribution in [1.82, 2.24) is 15.2 Å². The van der Waals surface area contributed by atoms with Crippen LogP contribution in [0.5, 0.6) is 5.88 Å². The highest BCUT2D eigenvalue weighted by Gasteiger charge is 2.55. The van der Waals surface area contributed by atoms with E-state index in [1.165, 1.54) is 6.42 Å². The molecule has 1 aliphatic heterocycles. The fourth-order valence-electron chi connectivity index (χ4n) is 4.91. The smallest absolute Gasteiger partial charge is 0.213 e. The van der Waals surface area contributed by atoms with E-state index in [-0.39, 0.29) is 6.10 Å². The fourth-order valence-corrected chi connectivity index (χ4v) is 4.91. The van der Waals surface area contributed by atoms with E-state index in [2.05, 4.69) is 44.5 Å². The third-order valence-corrected chi connectivity index (χ3v) is 6.28. The molecule has 2 aliphatic carbocycles. The van der Waals surface area contributed by atoms with E-state index in [4.69, 9.17) is 4.74 Å². The van der Waals surface area contributed by atoms with Gasteiger partial charge >= 0.3 is 0 Å². The highest BCUT2D eigenvalue weighted by molar-refractivity contribution is 5.80. The number of hydrogen-bond donors (Lipinski definition) is 1. The van der Waals surface area contributed by atoms with Crippen LogP contribution in [0.1, 0.15) is 23.5 Å². The predicted octanol–water partition coefficient (Wildman–Crippen LogP) is 2.70. The minimum atomic E-state index is 0.172. The summed E-state index contributed by atoms with van der Waals surface area (Å²) in [6, 6.07) is 14.7. The van der Waals surface area contributed by atoms with Crippen LogP contribution >= 0.6 is 0 Å². The zero-order chi connectivity index (χ0) is 18.2. The van der Waals surface area contributed by atoms with E-state index in [1.807, 2.05) is 25.2 Å². The molecule has 5 heteroatoms. The number of nitrogens with zero attached hydrogens (tertiary/aromatic N) is 3. The standard InChI is InChI=1S/C22H26N4O/c1-23-22(26-11-9-16(14-26)27-20-8-4-5-10-24-20)25-13-19-18-12-15-6-2-3-7-17(15)21(18)19/h2-8,10,16,18-19,21H,9,11-14H2,1H3,(H,23,25). The van der Waals surface area contributed by atoms with Gasteiger partial charge in [0.1, 0.15) is 6.10 Å². The molecule has 5 rings (SSSR count). The van der Waals surface area contributed by atoms with E-state index in [0.29, 0.717) is 5.88 Å². The average Bonchev–Trinajstić information content (AvgIpc) is 3.04. The summed E-state index contributed by atoms with van der Waals surface area (Å²) in [7, 11) is 1.87. The first-order valence-corrected chi connectivity index (χ1v) is 9.94. The van der Waals surface area contributed by atoms with Crippen molar-refractivity contribution < 1.29 is 4.74 Å². The Kier molecular flexibility index (Phi) is 4.23. The van der Waals surface area contributed by atoms with Gasteiger partial charge in [0.05, 0.1) is 6.54 Å². The summed E-state index contributed by atoms with van der Waals surface area (Å²) in [5.74, 6) is 4.04. The van der Waals surface area contributed by atoms with Gasteiger partial charge in [0.15, 0.2) is 5.96 Å². The Morgan fingerprint density at radius 2 is 2.15 bits per heavy atom. The Labute approximate surface area is 160 Å². The molecule has 1 aromatic heterocycles. The molecule has 1 N–H and O–H groups in total. The molecule has 0 spiro atoms. The van der Waals surface area contributed by atoms with Crippen LogP contribution in [0.4, 0.5) is 0 Å². The molecule has 3 aliphatic rings. The lowest BCUT2D eigenvalue weighted by Gasteiger charge is -2.22. The molecule has 0 bridgehead atoms. The molecule has 4 unspecified atom stereocenters. The second-order valence-corrected chi connectivity index (χ2v) is 7.83. The second kappa shape index (κ2) is 6.87. The molecule has 4 atom stereocenters. The maximum absolute atomic E-state index is 6.00. The summed E-state index contributed by atoms with van der Waals surface area (Å²) in [5, 5.41) is 3.62. The normalized spacial score (nSPS) is 28.6. The van der Waals surface area contributed by atoms with Gasteiger partial charge in [0, 0.05) is 38.8 Å². The van der Waals surface area contributed by atoms with E-state index in [9.17, 15) is 0 Å². The molecule has 1 aromatic carbocycles. The molecule has 140 valence electrons. The molecular weight excluding hydrogens is 336 g/mol. The molecule has 1 saturated carbocycles. The van der Waals surface area contributed by atoms with Crippen molar-refractivity contribution in [2.75, 3.05) is 26.7 Å². The number of ether oxygens (including phenoxy) is 1. The predicted molar refractivity (Wildman–Crippen MR) is 106 cm³/mol. The van der Waals surface area contributed by atoms with Crippen molar-refractivity contribution in [3.63, 3.8) is 0 Å². The molecule has 0 amide bonds. The van der Waals surface area contributed by atoms with Crippen molar-refractivity contribution >= 4 is 5.96 Å². The number of aliphatic imine (C=N–C) groups is 1. The molecule has 0 radical (unpaired) electrons. The first-order valence-electron chi connectivity index (χ1n) is 9.94. The summed E-state index contributed by atoms with van der Waals surface area (Å²) in [6.07, 6.45) is 4.19. The lowest BCUT2D eigenvalue weighted by Crippen LogP contribution is -2.42. The lowest BCUT2D eigenvalue weighted by molar-refractivity contribution is 0.205. The summed E-state index contributed by atoms with van der Waals surface area (Å²) in [6.45, 7) is 2.84. The molecule has 1 saturated heterocycles. The van der Waals surface area contributed by atoms with Crippen molar-refractivity contribution in [2.24, 2.45) is 16.8 Å². The van der Waals surface area contributed by atoms with Gasteiger partial charge in [0.25, 0.3) is 0 Å². The fraction of sp³-hybridized carbons (Fsp3) is 0.455. The van der Waals surface area contributed by atoms with Crippen molar-refractivity contribution in [3.05, 3.63) is 59.8 Å². The lowest BCUT2D eigenvalue weighted by atomic mass is 10.0. The molecule has 5 nitrogen and oxygen atoms in total. The highest BCUT2D eigenvalue weighted by atomic mass is 16.5. The Bertz CT molecular complexity index is 837. The molecule has 2 aromatic rings. The van der Waals surface area contributed by atoms with E-state index < -0.39 is 0 Å². The van der Waals surface area contributed by atoms with Gasteiger partial charge < -0.3 is 15.0 Å². The van der Waals surface area contributed by atoms with Gasteiger partial charge in [-0.2, -0.15) is 0 Å². The minimum absolute atomic E-state index is 0.172. The van der Waals surface area contributed by atoms with Crippen LogP contribution in [0.15, 0.2) is 53.7 Å². The minimum Gasteiger partial charge on any atom is -0.472 e. The molecule has 2 heterocycles. The van der Waals surface area contributed by atoms with Crippen LogP contribution in [-0.2, 0) is 6.42 Å². The van der Waals surface area contributed by atoms with Crippen LogP contribution in [0.2, 0.25) is 0 Å². The zero-order valence-electron chi connectivity index (χ0n) is 15.7. The number of rotatable bonds is 4. The number of pyridine rings is 1. The van der Waals surface area contributed by atoms with Crippen molar-refractivity contribution in [2.45, 2.75) is 24.9 Å². The Hall–Kier alpha value is -2.56. The Balaban J connectivity index is 1.14. The first kappa shape index (κ1) is 16.6. The number of hydrogen-bond acceptors (Lipinski definition) is 3. The topological polar surface area (TPSA) is 49.8 Å². The number of aromatic nitrogens is 1. The van der Waals surface area contributed by atoms with Crippen LogP contribution in [0.25, 0.3) is 0 Å². The van der Waals surface area contributed by atoms with Gasteiger partial charge in [-0.3, -0.25) is 4.99 Å². The largest absolute Gasteiger partial charge is 0.472 e. The van der Waals surface area contributed by atoms with Crippen LogP contribution in [0.3, 0.4) is 0 Å². The monoisotopic (exact) mass is 362 g/mol. The van der Waals surface area contributed by atoms with Gasteiger partial charge in [0.2, 0.25) is 5.88 Å². The summed E-state index contributed by atoms with van der Waals surface area (Å²) < 4.78 is 6.00. The quantitative estimate of drug-likeness (QED) is 0.671. The van der Waals surface area contributed by atoms with Crippen LogP contribution < -0.4 is 10.1 Å². The maximum atomic E-state index is 6.00. The Morgan fingerprint density at radius 1 is 1.26 bits per heavy atom. The van der Waals surface area contributed by atoms with Crippen molar-refractivity contribution in [1.29, 1.82) is 0 Å². The highest BCUT2D eigenvalue weighted by Crippen LogP contribution is 2.60. The van der Waals surface area contributed by atoms with E-state index in [0.717, 1.165) is 49.8 Å². The number of guanidine groups is 1. The third kappa shape index (κ3) is 3.15. The first-order chi connectivity index (χ1) is 13.3. The van der Waals surface area contributed by atoms with E-state index in [1.54, 1.807) is 17.3 Å². The third-order valence-electron chi connectivity index (χ3n) is 6.28. The van der Waals surface area contributed by atoms with Gasteiger partial charge in [-0.1, -0.05) is 30.3 Å². The second-order valence-electron chi connectivity index (χ2n) is 7.83. The van der Waals surface area contributed by atoms with E-state index >= 15 is 0 Å². The summed E-state index contributed by atoms with van der Waals surface area (Å²) >= 11 is 0. The number of likely N-dealkylation sites (tertiary alicyclic amines) is 1. The van der Waals surface area contributed by atoms with Gasteiger partial charge in [-0.05, 0) is 41.4 Å². The number of nitrogens with one attached hydrogen (secondary N) is 1. The van der Waals surface area contributed by atoms with Gasteiger partial charge in [-0.15, -0.1) is 0 Å². The Morgan fingerprint density at radius 3 is 3.00 bits per heavy atom. The molecule has 27 heavy (non-hydrogen) atoms. The van der Waals surface area contributed by atoms with Crippen molar-refractivity contribution in [3.8, 4) is 5.88 Å². The molecule has 2 fully saturated rings. The van der Waals surface area contributed by atoms with Gasteiger partial charge in [-0.25, -0.2) is 4.98 Å². The zero-order valence-corrected chi connectivity index (χ0v) is 15.7. The summed E-state index contributed by atoms with van der Waals surface area (Å²) in [5.41, 5.74) is 3.14. The number of fused-ring (bicyclic) bond motifs is 3. The number of benzene rings is 1. The van der Waals surface area contributed by atoms with Crippen LogP contribution in [0, 0.1) is 11.8 Å².